The second-order valence-electron chi connectivity index (χ2n) is 12.4. The van der Waals surface area contributed by atoms with Crippen LogP contribution in [0.1, 0.15) is 227 Å². The lowest BCUT2D eigenvalue weighted by Gasteiger charge is -2.04. The molecule has 0 aromatic heterocycles. The molecule has 0 rings (SSSR count). The van der Waals surface area contributed by atoms with Crippen molar-refractivity contribution in [3.8, 4) is 0 Å². The molecule has 0 bridgehead atoms. The minimum atomic E-state index is 0.901. The average Bonchev–Trinajstić information content (AvgIpc) is 2.87. The molecule has 0 nitrogen and oxygen atoms in total. The van der Waals surface area contributed by atoms with Gasteiger partial charge in [0.2, 0.25) is 0 Å². The lowest BCUT2D eigenvalue weighted by Crippen LogP contribution is -1.87. The number of rotatable bonds is 29. The second-order valence-corrected chi connectivity index (χ2v) is 12.4. The molecule has 0 heterocycles. The van der Waals surface area contributed by atoms with Gasteiger partial charge in [-0.15, -0.1) is 0 Å². The van der Waals surface area contributed by atoms with E-state index in [1.165, 1.54) is 193 Å². The maximum atomic E-state index is 2.33. The van der Waals surface area contributed by atoms with Crippen LogP contribution >= 0.6 is 0 Å². The van der Waals surface area contributed by atoms with Crippen molar-refractivity contribution in [2.24, 2.45) is 5.92 Å². The zero-order valence-corrected chi connectivity index (χ0v) is 26.8. The zero-order valence-electron chi connectivity index (χ0n) is 26.8. The summed E-state index contributed by atoms with van der Waals surface area (Å²) in [6.07, 6.45) is 43.9. The standard InChI is InChI=1S/2C18H38/c1-4-5-6-7-8-9-10-11-12-13-14-15-16-17-18(2)3;1-3-5-7-9-11-13-15-17-18-16-14-12-10-8-6-4-2/h18H,4-17H2,1-3H3;3-18H2,1-2H3. The van der Waals surface area contributed by atoms with Crippen LogP contribution in [0.4, 0.5) is 0 Å². The predicted octanol–water partition coefficient (Wildman–Crippen LogP) is 14.4. The summed E-state index contributed by atoms with van der Waals surface area (Å²) >= 11 is 0. The largest absolute Gasteiger partial charge is 0.0654 e. The summed E-state index contributed by atoms with van der Waals surface area (Å²) in [5.74, 6) is 0.901. The van der Waals surface area contributed by atoms with Crippen molar-refractivity contribution in [1.29, 1.82) is 0 Å². The van der Waals surface area contributed by atoms with Gasteiger partial charge in [-0.3, -0.25) is 0 Å². The van der Waals surface area contributed by atoms with Crippen molar-refractivity contribution >= 4 is 0 Å². The third-order valence-corrected chi connectivity index (χ3v) is 7.84. The van der Waals surface area contributed by atoms with Crippen LogP contribution in [0.3, 0.4) is 0 Å². The Morgan fingerprint density at radius 2 is 0.417 bits per heavy atom. The van der Waals surface area contributed by atoms with E-state index < -0.39 is 0 Å². The first-order chi connectivity index (χ1) is 17.7. The van der Waals surface area contributed by atoms with Gasteiger partial charge in [-0.25, -0.2) is 0 Å². The van der Waals surface area contributed by atoms with Crippen LogP contribution in [0.25, 0.3) is 0 Å². The highest BCUT2D eigenvalue weighted by molar-refractivity contribution is 4.51. The van der Waals surface area contributed by atoms with Gasteiger partial charge < -0.3 is 0 Å². The quantitative estimate of drug-likeness (QED) is 0.0881. The molecule has 0 aliphatic heterocycles. The molecule has 0 fully saturated rings. The van der Waals surface area contributed by atoms with Crippen LogP contribution in [0.15, 0.2) is 0 Å². The topological polar surface area (TPSA) is 0 Å². The molecule has 36 heavy (non-hydrogen) atoms. The summed E-state index contributed by atoms with van der Waals surface area (Å²) in [6.45, 7) is 11.5. The van der Waals surface area contributed by atoms with Gasteiger partial charge in [0.05, 0.1) is 0 Å². The molecule has 0 saturated carbocycles. The SMILES string of the molecule is CCCCCCCCCCCCCCCC(C)C.CCCCCCCCCCCCCCCCCC. The van der Waals surface area contributed by atoms with Crippen LogP contribution < -0.4 is 0 Å². The van der Waals surface area contributed by atoms with Crippen molar-refractivity contribution in [2.75, 3.05) is 0 Å². The van der Waals surface area contributed by atoms with E-state index in [-0.39, 0.29) is 0 Å². The van der Waals surface area contributed by atoms with E-state index in [4.69, 9.17) is 0 Å². The first-order valence-corrected chi connectivity index (χ1v) is 17.7. The molecule has 0 heteroatoms. The Morgan fingerprint density at radius 1 is 0.250 bits per heavy atom. The molecule has 0 amide bonds. The Balaban J connectivity index is 0. The Morgan fingerprint density at radius 3 is 0.583 bits per heavy atom. The van der Waals surface area contributed by atoms with Gasteiger partial charge >= 0.3 is 0 Å². The van der Waals surface area contributed by atoms with Gasteiger partial charge in [0.15, 0.2) is 0 Å². The third-order valence-electron chi connectivity index (χ3n) is 7.84. The van der Waals surface area contributed by atoms with Crippen LogP contribution in [-0.2, 0) is 0 Å². The van der Waals surface area contributed by atoms with Crippen molar-refractivity contribution in [2.45, 2.75) is 227 Å². The van der Waals surface area contributed by atoms with Crippen LogP contribution in [0.5, 0.6) is 0 Å². The molecule has 0 aliphatic carbocycles. The second kappa shape index (κ2) is 37.2. The Bertz CT molecular complexity index is 315. The van der Waals surface area contributed by atoms with Crippen molar-refractivity contribution in [3.63, 3.8) is 0 Å². The molecule has 0 aromatic carbocycles. The van der Waals surface area contributed by atoms with E-state index in [1.807, 2.05) is 0 Å². The maximum Gasteiger partial charge on any atom is -0.0471 e. The Hall–Kier alpha value is 0. The fourth-order valence-corrected chi connectivity index (χ4v) is 5.19. The van der Waals surface area contributed by atoms with E-state index in [0.717, 1.165) is 5.92 Å². The molecule has 220 valence electrons. The highest BCUT2D eigenvalue weighted by atomic mass is 14.0. The normalized spacial score (nSPS) is 11.2. The van der Waals surface area contributed by atoms with E-state index >= 15 is 0 Å². The molecule has 0 N–H and O–H groups in total. The highest BCUT2D eigenvalue weighted by Gasteiger charge is 1.96. The number of hydrogen-bond acceptors (Lipinski definition) is 0. The zero-order chi connectivity index (χ0) is 26.8. The summed E-state index contributed by atoms with van der Waals surface area (Å²) in [5, 5.41) is 0. The monoisotopic (exact) mass is 509 g/mol. The molecular weight excluding hydrogens is 432 g/mol. The van der Waals surface area contributed by atoms with Gasteiger partial charge in [-0.2, -0.15) is 0 Å². The molecule has 0 spiro atoms. The van der Waals surface area contributed by atoms with E-state index in [9.17, 15) is 0 Å². The number of hydrogen-bond donors (Lipinski definition) is 0. The average molecular weight is 509 g/mol. The van der Waals surface area contributed by atoms with Crippen molar-refractivity contribution in [3.05, 3.63) is 0 Å². The van der Waals surface area contributed by atoms with Gasteiger partial charge in [-0.05, 0) is 5.92 Å². The van der Waals surface area contributed by atoms with Crippen LogP contribution in [0, 0.1) is 5.92 Å². The minimum Gasteiger partial charge on any atom is -0.0654 e. The summed E-state index contributed by atoms with van der Waals surface area (Å²) in [6, 6.07) is 0. The van der Waals surface area contributed by atoms with E-state index in [1.54, 1.807) is 0 Å². The highest BCUT2D eigenvalue weighted by Crippen LogP contribution is 2.15. The summed E-state index contributed by atoms with van der Waals surface area (Å²) < 4.78 is 0. The smallest absolute Gasteiger partial charge is 0.0471 e. The van der Waals surface area contributed by atoms with Gasteiger partial charge in [0.25, 0.3) is 0 Å². The summed E-state index contributed by atoms with van der Waals surface area (Å²) in [7, 11) is 0. The molecule has 0 radical (unpaired) electrons. The summed E-state index contributed by atoms with van der Waals surface area (Å²) in [5.41, 5.74) is 0. The molecular formula is C36H76. The fourth-order valence-electron chi connectivity index (χ4n) is 5.19. The molecule has 0 aromatic rings. The lowest BCUT2D eigenvalue weighted by molar-refractivity contribution is 0.503. The Labute approximate surface area is 233 Å². The van der Waals surface area contributed by atoms with Gasteiger partial charge in [0.1, 0.15) is 0 Å². The summed E-state index contributed by atoms with van der Waals surface area (Å²) in [4.78, 5) is 0. The van der Waals surface area contributed by atoms with Crippen LogP contribution in [0.2, 0.25) is 0 Å². The molecule has 0 aliphatic rings. The fraction of sp³-hybridized carbons (Fsp3) is 1.00. The predicted molar refractivity (Wildman–Crippen MR) is 170 cm³/mol. The maximum absolute atomic E-state index is 2.33. The molecule has 0 atom stereocenters. The van der Waals surface area contributed by atoms with Crippen molar-refractivity contribution < 1.29 is 0 Å². The van der Waals surface area contributed by atoms with Gasteiger partial charge in [0, 0.05) is 0 Å². The minimum absolute atomic E-state index is 0.901. The first-order valence-electron chi connectivity index (χ1n) is 17.7. The Kier molecular flexibility index (Phi) is 39.4. The van der Waals surface area contributed by atoms with E-state index in [0.29, 0.717) is 0 Å². The van der Waals surface area contributed by atoms with Gasteiger partial charge in [-0.1, -0.05) is 227 Å². The first kappa shape index (κ1) is 38.1. The third kappa shape index (κ3) is 41.1. The molecule has 0 unspecified atom stereocenters. The number of unbranched alkanes of at least 4 members (excludes halogenated alkanes) is 27. The van der Waals surface area contributed by atoms with Crippen LogP contribution in [-0.4, -0.2) is 0 Å². The van der Waals surface area contributed by atoms with E-state index in [2.05, 4.69) is 34.6 Å². The van der Waals surface area contributed by atoms with Crippen molar-refractivity contribution in [1.82, 2.24) is 0 Å². The lowest BCUT2D eigenvalue weighted by atomic mass is 10.0. The molecule has 0 saturated heterocycles.